The second-order valence-corrected chi connectivity index (χ2v) is 5.46. The summed E-state index contributed by atoms with van der Waals surface area (Å²) in [6, 6.07) is 5.71. The highest BCUT2D eigenvalue weighted by atomic mass is 16.5. The molecule has 1 saturated heterocycles. The second kappa shape index (κ2) is 8.03. The molecule has 5 heteroatoms. The summed E-state index contributed by atoms with van der Waals surface area (Å²) in [6.45, 7) is 5.71. The van der Waals surface area contributed by atoms with Gasteiger partial charge in [0.1, 0.15) is 0 Å². The molecule has 1 amide bonds. The molecule has 1 aliphatic heterocycles. The fraction of sp³-hybridized carbons (Fsp3) is 0.588. The lowest BCUT2D eigenvalue weighted by molar-refractivity contribution is -0.133. The normalized spacial score (nSPS) is 21.2. The van der Waals surface area contributed by atoms with Crippen molar-refractivity contribution in [1.82, 2.24) is 5.32 Å². The Bertz CT molecular complexity index is 503. The maximum absolute atomic E-state index is 12.3. The van der Waals surface area contributed by atoms with Gasteiger partial charge in [0.05, 0.1) is 25.7 Å². The van der Waals surface area contributed by atoms with Crippen molar-refractivity contribution in [2.45, 2.75) is 39.3 Å². The summed E-state index contributed by atoms with van der Waals surface area (Å²) in [5.41, 5.74) is 0.984. The van der Waals surface area contributed by atoms with Crippen LogP contribution in [-0.4, -0.2) is 32.3 Å². The van der Waals surface area contributed by atoms with Crippen molar-refractivity contribution in [2.24, 2.45) is 5.92 Å². The average Bonchev–Trinajstić information content (AvgIpc) is 2.54. The molecule has 122 valence electrons. The molecule has 2 atom stereocenters. The maximum Gasteiger partial charge on any atom is 0.225 e. The third-order valence-electron chi connectivity index (χ3n) is 3.94. The van der Waals surface area contributed by atoms with Gasteiger partial charge in [0, 0.05) is 13.2 Å². The smallest absolute Gasteiger partial charge is 0.225 e. The summed E-state index contributed by atoms with van der Waals surface area (Å²) in [5.74, 6) is 1.40. The van der Waals surface area contributed by atoms with Gasteiger partial charge < -0.3 is 19.5 Å². The van der Waals surface area contributed by atoms with Crippen LogP contribution in [0.15, 0.2) is 18.2 Å². The van der Waals surface area contributed by atoms with Crippen molar-refractivity contribution >= 4 is 5.91 Å². The zero-order valence-electron chi connectivity index (χ0n) is 13.6. The molecule has 1 aromatic rings. The van der Waals surface area contributed by atoms with Gasteiger partial charge in [0.25, 0.3) is 0 Å². The van der Waals surface area contributed by atoms with Crippen molar-refractivity contribution in [3.05, 3.63) is 23.8 Å². The molecule has 0 spiro atoms. The molecule has 0 aliphatic carbocycles. The minimum absolute atomic E-state index is 0.0105. The van der Waals surface area contributed by atoms with Crippen molar-refractivity contribution in [2.75, 3.05) is 20.3 Å². The number of hydrogen-bond donors (Lipinski definition) is 1. The third kappa shape index (κ3) is 4.13. The van der Waals surface area contributed by atoms with Crippen LogP contribution in [0.1, 0.15) is 32.3 Å². The maximum atomic E-state index is 12.3. The fourth-order valence-corrected chi connectivity index (χ4v) is 2.68. The van der Waals surface area contributed by atoms with Gasteiger partial charge in [-0.2, -0.15) is 0 Å². The Balaban J connectivity index is 1.94. The Hall–Kier alpha value is -1.75. The van der Waals surface area contributed by atoms with Crippen LogP contribution < -0.4 is 14.8 Å². The summed E-state index contributed by atoms with van der Waals surface area (Å²) >= 11 is 0. The van der Waals surface area contributed by atoms with Gasteiger partial charge in [-0.1, -0.05) is 6.07 Å². The van der Waals surface area contributed by atoms with Crippen molar-refractivity contribution < 1.29 is 19.0 Å². The van der Waals surface area contributed by atoms with Gasteiger partial charge in [0.15, 0.2) is 11.5 Å². The van der Waals surface area contributed by atoms with Gasteiger partial charge in [-0.25, -0.2) is 0 Å². The molecule has 0 radical (unpaired) electrons. The summed E-state index contributed by atoms with van der Waals surface area (Å²) in [7, 11) is 1.61. The van der Waals surface area contributed by atoms with Gasteiger partial charge in [0.2, 0.25) is 5.91 Å². The van der Waals surface area contributed by atoms with Crippen LogP contribution in [0.25, 0.3) is 0 Å². The van der Waals surface area contributed by atoms with Crippen LogP contribution in [-0.2, 0) is 16.1 Å². The molecular formula is C17H25NO4. The van der Waals surface area contributed by atoms with E-state index in [2.05, 4.69) is 5.32 Å². The van der Waals surface area contributed by atoms with Gasteiger partial charge in [-0.05, 0) is 44.4 Å². The van der Waals surface area contributed by atoms with Gasteiger partial charge in [-0.3, -0.25) is 4.79 Å². The summed E-state index contributed by atoms with van der Waals surface area (Å²) < 4.78 is 16.4. The largest absolute Gasteiger partial charge is 0.493 e. The quantitative estimate of drug-likeness (QED) is 0.877. The first-order valence-corrected chi connectivity index (χ1v) is 7.84. The number of rotatable bonds is 6. The molecule has 0 unspecified atom stereocenters. The van der Waals surface area contributed by atoms with Gasteiger partial charge in [-0.15, -0.1) is 0 Å². The van der Waals surface area contributed by atoms with Crippen LogP contribution >= 0.6 is 0 Å². The van der Waals surface area contributed by atoms with E-state index in [1.54, 1.807) is 7.11 Å². The number of ether oxygens (including phenoxy) is 3. The average molecular weight is 307 g/mol. The molecule has 1 N–H and O–H groups in total. The van der Waals surface area contributed by atoms with Crippen LogP contribution in [0, 0.1) is 5.92 Å². The lowest BCUT2D eigenvalue weighted by Gasteiger charge is -2.28. The summed E-state index contributed by atoms with van der Waals surface area (Å²) in [4.78, 5) is 12.3. The standard InChI is InChI=1S/C17H25NO4/c1-4-21-15-8-7-13(10-16(15)20-3)11-18-17(19)14-6-5-9-22-12(14)2/h7-8,10,12,14H,4-6,9,11H2,1-3H3,(H,18,19)/t12-,14+/m0/s1. The van der Waals surface area contributed by atoms with E-state index in [9.17, 15) is 4.79 Å². The number of methoxy groups -OCH3 is 1. The number of carbonyl (C=O) groups excluding carboxylic acids is 1. The summed E-state index contributed by atoms with van der Waals surface area (Å²) in [5, 5.41) is 2.99. The van der Waals surface area contributed by atoms with Crippen molar-refractivity contribution in [1.29, 1.82) is 0 Å². The van der Waals surface area contributed by atoms with E-state index >= 15 is 0 Å². The zero-order valence-corrected chi connectivity index (χ0v) is 13.6. The molecule has 1 aromatic carbocycles. The van der Waals surface area contributed by atoms with E-state index in [0.717, 1.165) is 30.8 Å². The monoisotopic (exact) mass is 307 g/mol. The Kier molecular flexibility index (Phi) is 6.07. The topological polar surface area (TPSA) is 56.8 Å². The molecule has 5 nitrogen and oxygen atoms in total. The van der Waals surface area contributed by atoms with E-state index < -0.39 is 0 Å². The first-order valence-electron chi connectivity index (χ1n) is 7.84. The van der Waals surface area contributed by atoms with E-state index in [4.69, 9.17) is 14.2 Å². The molecule has 1 heterocycles. The number of nitrogens with one attached hydrogen (secondary N) is 1. The van der Waals surface area contributed by atoms with Crippen LogP contribution in [0.3, 0.4) is 0 Å². The molecule has 1 aliphatic rings. The lowest BCUT2D eigenvalue weighted by Crippen LogP contribution is -2.39. The third-order valence-corrected chi connectivity index (χ3v) is 3.94. The molecule has 22 heavy (non-hydrogen) atoms. The summed E-state index contributed by atoms with van der Waals surface area (Å²) in [6.07, 6.45) is 1.82. The van der Waals surface area contributed by atoms with Crippen LogP contribution in [0.4, 0.5) is 0 Å². The number of carbonyl (C=O) groups is 1. The van der Waals surface area contributed by atoms with E-state index in [1.165, 1.54) is 0 Å². The first kappa shape index (κ1) is 16.6. The molecule has 1 fully saturated rings. The molecule has 0 bridgehead atoms. The minimum Gasteiger partial charge on any atom is -0.493 e. The minimum atomic E-state index is -0.0571. The van der Waals surface area contributed by atoms with Crippen molar-refractivity contribution in [3.8, 4) is 11.5 Å². The predicted molar refractivity (Wildman–Crippen MR) is 84.1 cm³/mol. The van der Waals surface area contributed by atoms with E-state index in [0.29, 0.717) is 18.9 Å². The Morgan fingerprint density at radius 3 is 2.91 bits per heavy atom. The molecule has 2 rings (SSSR count). The number of benzene rings is 1. The molecule has 0 aromatic heterocycles. The van der Waals surface area contributed by atoms with E-state index in [1.807, 2.05) is 32.0 Å². The zero-order chi connectivity index (χ0) is 15.9. The first-order chi connectivity index (χ1) is 10.7. The highest BCUT2D eigenvalue weighted by Crippen LogP contribution is 2.28. The highest BCUT2D eigenvalue weighted by molar-refractivity contribution is 5.79. The van der Waals surface area contributed by atoms with Crippen LogP contribution in [0.5, 0.6) is 11.5 Å². The fourth-order valence-electron chi connectivity index (χ4n) is 2.68. The predicted octanol–water partition coefficient (Wildman–Crippen LogP) is 2.53. The van der Waals surface area contributed by atoms with E-state index in [-0.39, 0.29) is 17.9 Å². The molecular weight excluding hydrogens is 282 g/mol. The number of hydrogen-bond acceptors (Lipinski definition) is 4. The Morgan fingerprint density at radius 1 is 1.41 bits per heavy atom. The van der Waals surface area contributed by atoms with Gasteiger partial charge >= 0.3 is 0 Å². The van der Waals surface area contributed by atoms with Crippen molar-refractivity contribution in [3.63, 3.8) is 0 Å². The SMILES string of the molecule is CCOc1ccc(CNC(=O)[C@@H]2CCCO[C@H]2C)cc1OC. The molecule has 0 saturated carbocycles. The highest BCUT2D eigenvalue weighted by Gasteiger charge is 2.28. The lowest BCUT2D eigenvalue weighted by atomic mass is 9.94. The second-order valence-electron chi connectivity index (χ2n) is 5.46. The number of amides is 1. The Labute approximate surface area is 131 Å². The van der Waals surface area contributed by atoms with Crippen LogP contribution in [0.2, 0.25) is 0 Å². The Morgan fingerprint density at radius 2 is 2.23 bits per heavy atom.